The van der Waals surface area contributed by atoms with Crippen molar-refractivity contribution in [2.45, 2.75) is 26.8 Å². The molecule has 0 unspecified atom stereocenters. The van der Waals surface area contributed by atoms with Gasteiger partial charge in [-0.1, -0.05) is 26.0 Å². The van der Waals surface area contributed by atoms with E-state index in [9.17, 15) is 29.4 Å². The van der Waals surface area contributed by atoms with Gasteiger partial charge in [-0.25, -0.2) is 14.6 Å². The van der Waals surface area contributed by atoms with E-state index in [2.05, 4.69) is 15.6 Å². The van der Waals surface area contributed by atoms with Gasteiger partial charge in [0.2, 0.25) is 0 Å². The van der Waals surface area contributed by atoms with Crippen molar-refractivity contribution in [2.75, 3.05) is 5.32 Å². The fraction of sp³-hybridized carbons (Fsp3) is 0.185. The first kappa shape index (κ1) is 27.5. The van der Waals surface area contributed by atoms with Crippen molar-refractivity contribution in [3.8, 4) is 11.1 Å². The second-order valence-electron chi connectivity index (χ2n) is 8.89. The van der Waals surface area contributed by atoms with Crippen LogP contribution in [0.15, 0.2) is 54.6 Å². The van der Waals surface area contributed by atoms with Crippen LogP contribution in [0.4, 0.5) is 5.69 Å². The van der Waals surface area contributed by atoms with Crippen LogP contribution in [0, 0.1) is 18.3 Å². The van der Waals surface area contributed by atoms with Crippen LogP contribution < -0.4 is 16.4 Å². The molecule has 0 spiro atoms. The van der Waals surface area contributed by atoms with Gasteiger partial charge in [-0.3, -0.25) is 15.0 Å². The molecule has 3 aromatic rings. The highest BCUT2D eigenvalue weighted by atomic mass is 16.4. The van der Waals surface area contributed by atoms with Crippen LogP contribution >= 0.6 is 0 Å². The minimum absolute atomic E-state index is 0.0360. The predicted molar refractivity (Wildman–Crippen MR) is 141 cm³/mol. The number of amidine groups is 1. The number of carboxylic acids is 2. The fourth-order valence-electron chi connectivity index (χ4n) is 3.71. The second kappa shape index (κ2) is 11.3. The molecule has 0 bridgehead atoms. The van der Waals surface area contributed by atoms with E-state index >= 15 is 0 Å². The predicted octanol–water partition coefficient (Wildman–Crippen LogP) is 3.13. The van der Waals surface area contributed by atoms with Crippen LogP contribution in [0.5, 0.6) is 0 Å². The van der Waals surface area contributed by atoms with Gasteiger partial charge in [0, 0.05) is 28.1 Å². The zero-order valence-corrected chi connectivity index (χ0v) is 20.9. The topological polar surface area (TPSA) is 196 Å². The average molecular weight is 518 g/mol. The van der Waals surface area contributed by atoms with Crippen molar-refractivity contribution in [1.29, 1.82) is 5.41 Å². The number of carbonyl (C=O) groups excluding carboxylic acids is 2. The number of benzene rings is 2. The zero-order chi connectivity index (χ0) is 28.1. The Hall–Kier alpha value is -5.06. The normalized spacial score (nSPS) is 11.5. The zero-order valence-electron chi connectivity index (χ0n) is 20.9. The van der Waals surface area contributed by atoms with Crippen LogP contribution in [0.25, 0.3) is 11.1 Å². The summed E-state index contributed by atoms with van der Waals surface area (Å²) in [5.74, 6) is -4.41. The molecule has 1 heterocycles. The summed E-state index contributed by atoms with van der Waals surface area (Å²) in [4.78, 5) is 53.8. The summed E-state index contributed by atoms with van der Waals surface area (Å²) < 4.78 is 0. The maximum atomic E-state index is 13.2. The highest BCUT2D eigenvalue weighted by Gasteiger charge is 2.26. The van der Waals surface area contributed by atoms with Gasteiger partial charge in [0.05, 0.1) is 5.56 Å². The van der Waals surface area contributed by atoms with Gasteiger partial charge in [0.1, 0.15) is 17.6 Å². The number of nitrogens with one attached hydrogen (secondary N) is 3. The van der Waals surface area contributed by atoms with Crippen molar-refractivity contribution in [3.63, 3.8) is 0 Å². The largest absolute Gasteiger partial charge is 0.480 e. The number of aryl methyl sites for hydroxylation is 1. The Morgan fingerprint density at radius 3 is 2.05 bits per heavy atom. The van der Waals surface area contributed by atoms with Gasteiger partial charge in [-0.2, -0.15) is 0 Å². The van der Waals surface area contributed by atoms with Crippen LogP contribution in [-0.4, -0.2) is 50.8 Å². The molecule has 0 aliphatic rings. The molecule has 0 saturated carbocycles. The number of aromatic carboxylic acids is 1. The maximum absolute atomic E-state index is 13.2. The SMILES string of the molecule is Cc1ccc(-c2ccc(C(=O)N[C@H](C(=O)O)C(C)C)cc2C(=O)O)c(C(=O)Nc2ccc(C(=N)N)cc2)n1. The van der Waals surface area contributed by atoms with Crippen molar-refractivity contribution >= 4 is 35.3 Å². The Balaban J connectivity index is 2.00. The third kappa shape index (κ3) is 6.19. The highest BCUT2D eigenvalue weighted by molar-refractivity contribution is 6.10. The molecular weight excluding hydrogens is 490 g/mol. The van der Waals surface area contributed by atoms with Gasteiger partial charge in [-0.05, 0) is 60.9 Å². The van der Waals surface area contributed by atoms with Crippen molar-refractivity contribution in [2.24, 2.45) is 11.7 Å². The minimum Gasteiger partial charge on any atom is -0.480 e. The van der Waals surface area contributed by atoms with Gasteiger partial charge < -0.3 is 26.6 Å². The number of rotatable bonds is 9. The molecule has 0 aliphatic heterocycles. The summed E-state index contributed by atoms with van der Waals surface area (Å²) in [6.45, 7) is 4.96. The van der Waals surface area contributed by atoms with Crippen molar-refractivity contribution < 1.29 is 29.4 Å². The van der Waals surface area contributed by atoms with Crippen LogP contribution in [0.2, 0.25) is 0 Å². The lowest BCUT2D eigenvalue weighted by Gasteiger charge is -2.18. The molecule has 0 aliphatic carbocycles. The fourth-order valence-corrected chi connectivity index (χ4v) is 3.71. The molecule has 11 heteroatoms. The number of nitrogen functional groups attached to an aromatic ring is 1. The average Bonchev–Trinajstić information content (AvgIpc) is 2.86. The van der Waals surface area contributed by atoms with Crippen LogP contribution in [0.1, 0.15) is 56.3 Å². The van der Waals surface area contributed by atoms with E-state index in [-0.39, 0.29) is 33.8 Å². The molecule has 196 valence electrons. The molecule has 3 rings (SSSR count). The Morgan fingerprint density at radius 2 is 1.50 bits per heavy atom. The molecule has 1 aromatic heterocycles. The first-order valence-electron chi connectivity index (χ1n) is 11.5. The Labute approximate surface area is 218 Å². The number of hydrogen-bond donors (Lipinski definition) is 6. The number of anilines is 1. The van der Waals surface area contributed by atoms with Crippen molar-refractivity contribution in [1.82, 2.24) is 10.3 Å². The number of pyridine rings is 1. The summed E-state index contributed by atoms with van der Waals surface area (Å²) in [7, 11) is 0. The molecule has 0 radical (unpaired) electrons. The summed E-state index contributed by atoms with van der Waals surface area (Å²) >= 11 is 0. The number of nitrogens with zero attached hydrogens (tertiary/aromatic N) is 1. The Bertz CT molecular complexity index is 1430. The smallest absolute Gasteiger partial charge is 0.336 e. The van der Waals surface area contributed by atoms with E-state index in [1.54, 1.807) is 57.2 Å². The Kier molecular flexibility index (Phi) is 8.21. The van der Waals surface area contributed by atoms with E-state index in [0.717, 1.165) is 6.07 Å². The maximum Gasteiger partial charge on any atom is 0.336 e. The second-order valence-corrected chi connectivity index (χ2v) is 8.89. The van der Waals surface area contributed by atoms with E-state index in [1.165, 1.54) is 12.1 Å². The Morgan fingerprint density at radius 1 is 0.895 bits per heavy atom. The molecule has 1 atom stereocenters. The molecular formula is C27H27N5O6. The van der Waals surface area contributed by atoms with E-state index < -0.39 is 35.7 Å². The van der Waals surface area contributed by atoms with Crippen LogP contribution in [-0.2, 0) is 4.79 Å². The number of aromatic nitrogens is 1. The van der Waals surface area contributed by atoms with E-state index in [4.69, 9.17) is 11.1 Å². The number of carbonyl (C=O) groups is 4. The molecule has 11 nitrogen and oxygen atoms in total. The van der Waals surface area contributed by atoms with E-state index in [1.807, 2.05) is 0 Å². The highest BCUT2D eigenvalue weighted by Crippen LogP contribution is 2.29. The molecule has 0 fully saturated rings. The minimum atomic E-state index is -1.35. The molecule has 2 amide bonds. The summed E-state index contributed by atoms with van der Waals surface area (Å²) in [6.07, 6.45) is 0. The third-order valence-corrected chi connectivity index (χ3v) is 5.72. The van der Waals surface area contributed by atoms with E-state index in [0.29, 0.717) is 16.9 Å². The number of carboxylic acid groups (broad SMARTS) is 2. The van der Waals surface area contributed by atoms with Crippen LogP contribution in [0.3, 0.4) is 0 Å². The van der Waals surface area contributed by atoms with Crippen molar-refractivity contribution in [3.05, 3.63) is 82.7 Å². The first-order chi connectivity index (χ1) is 17.9. The number of nitrogens with two attached hydrogens (primary N) is 1. The number of hydrogen-bond acceptors (Lipinski definition) is 6. The molecule has 38 heavy (non-hydrogen) atoms. The standard InChI is InChI=1S/C27H27N5O6/c1-13(2)21(27(37)38)32-24(33)16-7-11-18(20(12-16)26(35)36)19-10-4-14(3)30-22(19)25(34)31-17-8-5-15(6-9-17)23(28)29/h4-13,21H,1-3H3,(H3,28,29)(H,31,34)(H,32,33)(H,35,36)(H,37,38)/t21-/m0/s1. The summed E-state index contributed by atoms with van der Waals surface area (Å²) in [6, 6.07) is 12.2. The van der Waals surface area contributed by atoms with Gasteiger partial charge in [0.15, 0.2) is 0 Å². The lowest BCUT2D eigenvalue weighted by atomic mass is 9.95. The lowest BCUT2D eigenvalue weighted by Crippen LogP contribution is -2.44. The third-order valence-electron chi connectivity index (χ3n) is 5.72. The molecule has 7 N–H and O–H groups in total. The first-order valence-corrected chi connectivity index (χ1v) is 11.5. The van der Waals surface area contributed by atoms with Gasteiger partial charge >= 0.3 is 11.9 Å². The summed E-state index contributed by atoms with van der Waals surface area (Å²) in [5.41, 5.74) is 6.91. The van der Waals surface area contributed by atoms with Gasteiger partial charge in [-0.15, -0.1) is 0 Å². The number of aliphatic carboxylic acids is 1. The molecule has 2 aromatic carbocycles. The lowest BCUT2D eigenvalue weighted by molar-refractivity contribution is -0.140. The van der Waals surface area contributed by atoms with Gasteiger partial charge in [0.25, 0.3) is 11.8 Å². The quantitative estimate of drug-likeness (QED) is 0.184. The molecule has 0 saturated heterocycles. The monoisotopic (exact) mass is 517 g/mol. The summed E-state index contributed by atoms with van der Waals surface area (Å²) in [5, 5.41) is 31.8. The number of amides is 2.